The maximum atomic E-state index is 14.5. The summed E-state index contributed by atoms with van der Waals surface area (Å²) in [5, 5.41) is 9.42. The Hall–Kier alpha value is -3.48. The SMILES string of the molecule is CCOc1c([C@@H]2[C@@H](C)[C@](C)(C(F)(F)F)O[C@H]2C(=O)N=c2ccn(O)c(C(N)=O)c2)ccc(F)c1F. The molecular formula is C22H22F5N3O5. The zero-order chi connectivity index (χ0) is 26.3. The van der Waals surface area contributed by atoms with Gasteiger partial charge >= 0.3 is 6.18 Å². The maximum absolute atomic E-state index is 14.5. The Kier molecular flexibility index (Phi) is 6.93. The van der Waals surface area contributed by atoms with Crippen molar-refractivity contribution in [2.24, 2.45) is 16.6 Å². The number of carbonyl (C=O) groups excluding carboxylic acids is 2. The first-order valence-electron chi connectivity index (χ1n) is 10.4. The number of aromatic nitrogens is 1. The summed E-state index contributed by atoms with van der Waals surface area (Å²) in [5.74, 6) is -8.46. The van der Waals surface area contributed by atoms with Gasteiger partial charge in [0.05, 0.1) is 12.0 Å². The fourth-order valence-corrected chi connectivity index (χ4v) is 4.04. The third-order valence-electron chi connectivity index (χ3n) is 6.05. The average molecular weight is 503 g/mol. The lowest BCUT2D eigenvalue weighted by atomic mass is 9.77. The quantitative estimate of drug-likeness (QED) is 0.481. The smallest absolute Gasteiger partial charge is 0.417 e. The molecule has 0 saturated carbocycles. The molecule has 4 atom stereocenters. The van der Waals surface area contributed by atoms with Crippen LogP contribution in [-0.2, 0) is 9.53 Å². The van der Waals surface area contributed by atoms with Crippen molar-refractivity contribution in [1.82, 2.24) is 4.73 Å². The summed E-state index contributed by atoms with van der Waals surface area (Å²) < 4.78 is 81.3. The number of hydrogen-bond acceptors (Lipinski definition) is 5. The first kappa shape index (κ1) is 26.1. The van der Waals surface area contributed by atoms with Crippen molar-refractivity contribution in [2.75, 3.05) is 6.61 Å². The van der Waals surface area contributed by atoms with Gasteiger partial charge in [-0.1, -0.05) is 13.0 Å². The summed E-state index contributed by atoms with van der Waals surface area (Å²) in [5.41, 5.74) is 1.65. The number of carbonyl (C=O) groups is 2. The van der Waals surface area contributed by atoms with Crippen LogP contribution < -0.4 is 15.8 Å². The van der Waals surface area contributed by atoms with Crippen LogP contribution >= 0.6 is 0 Å². The summed E-state index contributed by atoms with van der Waals surface area (Å²) in [6, 6.07) is 3.81. The number of ether oxygens (including phenoxy) is 2. The van der Waals surface area contributed by atoms with Crippen LogP contribution in [0.5, 0.6) is 5.75 Å². The number of primary amides is 1. The zero-order valence-electron chi connectivity index (χ0n) is 18.8. The third-order valence-corrected chi connectivity index (χ3v) is 6.05. The second-order valence-electron chi connectivity index (χ2n) is 8.10. The monoisotopic (exact) mass is 503 g/mol. The van der Waals surface area contributed by atoms with Gasteiger partial charge in [0.2, 0.25) is 5.82 Å². The molecule has 0 aliphatic carbocycles. The van der Waals surface area contributed by atoms with Crippen LogP contribution in [-0.4, -0.2) is 46.2 Å². The Morgan fingerprint density at radius 1 is 1.29 bits per heavy atom. The number of alkyl halides is 3. The van der Waals surface area contributed by atoms with E-state index in [-0.39, 0.29) is 17.5 Å². The van der Waals surface area contributed by atoms with Crippen LogP contribution in [0.4, 0.5) is 22.0 Å². The molecule has 1 aromatic carbocycles. The van der Waals surface area contributed by atoms with E-state index in [1.165, 1.54) is 13.8 Å². The number of nitrogens with two attached hydrogens (primary N) is 1. The number of nitrogens with zero attached hydrogens (tertiary/aromatic N) is 2. The normalized spacial score (nSPS) is 25.0. The van der Waals surface area contributed by atoms with Crippen molar-refractivity contribution in [2.45, 2.75) is 44.6 Å². The van der Waals surface area contributed by atoms with Gasteiger partial charge in [-0.2, -0.15) is 22.3 Å². The van der Waals surface area contributed by atoms with E-state index in [1.807, 2.05) is 0 Å². The Morgan fingerprint density at radius 2 is 1.94 bits per heavy atom. The minimum atomic E-state index is -4.93. The molecule has 1 fully saturated rings. The van der Waals surface area contributed by atoms with E-state index in [0.717, 1.165) is 37.4 Å². The number of rotatable bonds is 5. The van der Waals surface area contributed by atoms with E-state index in [2.05, 4.69) is 4.99 Å². The van der Waals surface area contributed by atoms with E-state index >= 15 is 0 Å². The molecule has 2 heterocycles. The average Bonchev–Trinajstić information content (AvgIpc) is 3.05. The van der Waals surface area contributed by atoms with Crippen molar-refractivity contribution in [3.8, 4) is 5.75 Å². The highest BCUT2D eigenvalue weighted by atomic mass is 19.4. The number of pyridine rings is 1. The second-order valence-corrected chi connectivity index (χ2v) is 8.10. The van der Waals surface area contributed by atoms with E-state index in [9.17, 15) is 36.7 Å². The van der Waals surface area contributed by atoms with Crippen LogP contribution in [0.2, 0.25) is 0 Å². The minimum absolute atomic E-state index is 0.129. The summed E-state index contributed by atoms with van der Waals surface area (Å²) in [6.07, 6.45) is -5.86. The maximum Gasteiger partial charge on any atom is 0.417 e. The number of halogens is 5. The van der Waals surface area contributed by atoms with Gasteiger partial charge in [-0.05, 0) is 32.0 Å². The minimum Gasteiger partial charge on any atom is -0.490 e. The van der Waals surface area contributed by atoms with Crippen molar-refractivity contribution < 1.29 is 46.2 Å². The highest BCUT2D eigenvalue weighted by Gasteiger charge is 2.65. The highest BCUT2D eigenvalue weighted by molar-refractivity contribution is 5.91. The topological polar surface area (TPSA) is 116 Å². The van der Waals surface area contributed by atoms with Gasteiger partial charge in [0.25, 0.3) is 11.8 Å². The van der Waals surface area contributed by atoms with Gasteiger partial charge in [-0.15, -0.1) is 0 Å². The van der Waals surface area contributed by atoms with Crippen LogP contribution in [0.15, 0.2) is 35.5 Å². The second kappa shape index (κ2) is 9.29. The molecule has 2 amide bonds. The standard InChI is InChI=1S/C22H22F5N3O5/c1-4-34-17-12(5-6-13(23)16(17)24)15-10(2)21(3,22(25,26)27)35-18(15)20(32)29-11-7-8-30(33)14(9-11)19(28)31/h5-10,15,18,33H,4H2,1-3H3,(H2,28,31)/t10-,15+,18-,21-/m1/s1. The molecule has 1 saturated heterocycles. The molecule has 35 heavy (non-hydrogen) atoms. The number of benzene rings is 1. The van der Waals surface area contributed by atoms with Crippen LogP contribution in [0.3, 0.4) is 0 Å². The Bertz CT molecular complexity index is 1230. The molecule has 13 heteroatoms. The van der Waals surface area contributed by atoms with Gasteiger partial charge in [-0.3, -0.25) is 9.59 Å². The number of amides is 2. The molecule has 190 valence electrons. The summed E-state index contributed by atoms with van der Waals surface area (Å²) in [7, 11) is 0. The van der Waals surface area contributed by atoms with Gasteiger partial charge in [0.1, 0.15) is 11.8 Å². The molecule has 1 aromatic heterocycles. The molecule has 8 nitrogen and oxygen atoms in total. The van der Waals surface area contributed by atoms with Crippen LogP contribution in [0, 0.1) is 17.6 Å². The van der Waals surface area contributed by atoms with Crippen LogP contribution in [0.1, 0.15) is 42.7 Å². The van der Waals surface area contributed by atoms with Gasteiger partial charge in [0.15, 0.2) is 17.2 Å². The summed E-state index contributed by atoms with van der Waals surface area (Å²) in [6.45, 7) is 3.26. The fourth-order valence-electron chi connectivity index (χ4n) is 4.04. The first-order valence-corrected chi connectivity index (χ1v) is 10.4. The van der Waals surface area contributed by atoms with Crippen LogP contribution in [0.25, 0.3) is 0 Å². The van der Waals surface area contributed by atoms with Gasteiger partial charge < -0.3 is 20.4 Å². The lowest BCUT2D eigenvalue weighted by Crippen LogP contribution is -2.47. The molecule has 0 unspecified atom stereocenters. The van der Waals surface area contributed by atoms with Gasteiger partial charge in [-0.25, -0.2) is 9.38 Å². The lowest BCUT2D eigenvalue weighted by molar-refractivity contribution is -0.272. The largest absolute Gasteiger partial charge is 0.490 e. The van der Waals surface area contributed by atoms with Crippen molar-refractivity contribution in [1.29, 1.82) is 0 Å². The Balaban J connectivity index is 2.19. The van der Waals surface area contributed by atoms with E-state index in [0.29, 0.717) is 4.73 Å². The number of hydrogen-bond donors (Lipinski definition) is 2. The lowest BCUT2D eigenvalue weighted by Gasteiger charge is -2.32. The van der Waals surface area contributed by atoms with E-state index < -0.39 is 64.6 Å². The Labute approximate surface area is 195 Å². The summed E-state index contributed by atoms with van der Waals surface area (Å²) >= 11 is 0. The van der Waals surface area contributed by atoms with Crippen molar-refractivity contribution >= 4 is 11.8 Å². The zero-order valence-corrected chi connectivity index (χ0v) is 18.8. The molecule has 0 bridgehead atoms. The molecule has 0 spiro atoms. The molecule has 3 N–H and O–H groups in total. The van der Waals surface area contributed by atoms with Crippen molar-refractivity contribution in [3.05, 3.63) is 58.7 Å². The van der Waals surface area contributed by atoms with Gasteiger partial charge in [0, 0.05) is 23.6 Å². The molecule has 0 radical (unpaired) electrons. The van der Waals surface area contributed by atoms with E-state index in [4.69, 9.17) is 15.2 Å². The van der Waals surface area contributed by atoms with E-state index in [1.54, 1.807) is 0 Å². The fraction of sp³-hybridized carbons (Fsp3) is 0.409. The molecule has 1 aliphatic heterocycles. The Morgan fingerprint density at radius 3 is 2.51 bits per heavy atom. The molecular weight excluding hydrogens is 481 g/mol. The van der Waals surface area contributed by atoms with Crippen molar-refractivity contribution in [3.63, 3.8) is 0 Å². The molecule has 1 aliphatic rings. The predicted octanol–water partition coefficient (Wildman–Crippen LogP) is 3.07. The highest BCUT2D eigenvalue weighted by Crippen LogP contribution is 2.55. The molecule has 3 rings (SSSR count). The first-order chi connectivity index (χ1) is 16.2. The predicted molar refractivity (Wildman–Crippen MR) is 109 cm³/mol. The molecule has 2 aromatic rings. The third kappa shape index (κ3) is 4.59. The summed E-state index contributed by atoms with van der Waals surface area (Å²) in [4.78, 5) is 28.3.